The summed E-state index contributed by atoms with van der Waals surface area (Å²) in [5, 5.41) is 7.67. The van der Waals surface area contributed by atoms with Crippen molar-refractivity contribution in [3.05, 3.63) is 35.4 Å². The minimum absolute atomic E-state index is 0.172. The van der Waals surface area contributed by atoms with E-state index in [-0.39, 0.29) is 11.1 Å². The van der Waals surface area contributed by atoms with Crippen molar-refractivity contribution in [1.29, 1.82) is 0 Å². The van der Waals surface area contributed by atoms with E-state index in [1.165, 1.54) is 12.1 Å². The van der Waals surface area contributed by atoms with Crippen LogP contribution in [-0.2, 0) is 0 Å². The molecule has 0 saturated heterocycles. The zero-order chi connectivity index (χ0) is 14.9. The summed E-state index contributed by atoms with van der Waals surface area (Å²) in [6.07, 6.45) is 0. The third-order valence-electron chi connectivity index (χ3n) is 2.77. The molecule has 20 heavy (non-hydrogen) atoms. The van der Waals surface area contributed by atoms with Crippen molar-refractivity contribution >= 4 is 23.6 Å². The van der Waals surface area contributed by atoms with Gasteiger partial charge in [0, 0.05) is 6.54 Å². The van der Waals surface area contributed by atoms with Gasteiger partial charge in [0.1, 0.15) is 0 Å². The minimum atomic E-state index is -4.54. The van der Waals surface area contributed by atoms with Gasteiger partial charge in [0.25, 0.3) is 11.8 Å². The van der Waals surface area contributed by atoms with Crippen LogP contribution in [0.1, 0.15) is 20.7 Å². The third kappa shape index (κ3) is 2.96. The molecule has 0 radical (unpaired) electrons. The Kier molecular flexibility index (Phi) is 4.05. The van der Waals surface area contributed by atoms with Gasteiger partial charge in [-0.25, -0.2) is 0 Å². The molecule has 1 aromatic rings. The molecule has 108 valence electrons. The summed E-state index contributed by atoms with van der Waals surface area (Å²) < 4.78 is 36.9. The molecule has 4 nitrogen and oxygen atoms in total. The molecule has 1 aliphatic rings. The van der Waals surface area contributed by atoms with Crippen LogP contribution >= 0.6 is 11.8 Å². The number of hydrogen-bond donors (Lipinski definition) is 1. The number of aliphatic hydroxyl groups is 1. The number of alkyl halides is 3. The van der Waals surface area contributed by atoms with E-state index in [1.807, 2.05) is 0 Å². The van der Waals surface area contributed by atoms with Crippen LogP contribution < -0.4 is 0 Å². The number of imide groups is 1. The van der Waals surface area contributed by atoms with E-state index in [9.17, 15) is 22.8 Å². The predicted molar refractivity (Wildman–Crippen MR) is 66.3 cm³/mol. The van der Waals surface area contributed by atoms with E-state index in [0.29, 0.717) is 0 Å². The van der Waals surface area contributed by atoms with Crippen LogP contribution in [-0.4, -0.2) is 45.7 Å². The number of amides is 2. The Hall–Kier alpha value is -1.54. The molecule has 2 amide bonds. The van der Waals surface area contributed by atoms with E-state index >= 15 is 0 Å². The Morgan fingerprint density at radius 2 is 1.65 bits per heavy atom. The highest BCUT2D eigenvalue weighted by Crippen LogP contribution is 2.35. The van der Waals surface area contributed by atoms with Gasteiger partial charge in [0.05, 0.1) is 23.0 Å². The second kappa shape index (κ2) is 5.45. The van der Waals surface area contributed by atoms with Gasteiger partial charge in [-0.2, -0.15) is 13.2 Å². The van der Waals surface area contributed by atoms with Gasteiger partial charge in [0.15, 0.2) is 0 Å². The highest BCUT2D eigenvalue weighted by Gasteiger charge is 2.39. The predicted octanol–water partition coefficient (Wildman–Crippen LogP) is 1.90. The monoisotopic (exact) mass is 305 g/mol. The number of benzene rings is 1. The third-order valence-corrected chi connectivity index (χ3v) is 3.67. The van der Waals surface area contributed by atoms with Gasteiger partial charge >= 0.3 is 5.51 Å². The highest BCUT2D eigenvalue weighted by atomic mass is 32.2. The first kappa shape index (κ1) is 14.9. The molecule has 2 rings (SSSR count). The summed E-state index contributed by atoms with van der Waals surface area (Å²) in [5.74, 6) is -1.27. The van der Waals surface area contributed by atoms with E-state index in [2.05, 4.69) is 0 Å². The van der Waals surface area contributed by atoms with Crippen molar-refractivity contribution in [2.24, 2.45) is 0 Å². The summed E-state index contributed by atoms with van der Waals surface area (Å²) in [6.45, 7) is -1.26. The number of nitrogens with zero attached hydrogens (tertiary/aromatic N) is 1. The van der Waals surface area contributed by atoms with Crippen molar-refractivity contribution in [3.8, 4) is 0 Å². The molecule has 1 aliphatic heterocycles. The molecular weight excluding hydrogens is 295 g/mol. The minimum Gasteiger partial charge on any atom is -0.395 e. The molecule has 0 bridgehead atoms. The van der Waals surface area contributed by atoms with Gasteiger partial charge < -0.3 is 5.11 Å². The fourth-order valence-corrected chi connectivity index (χ4v) is 2.61. The molecule has 0 saturated carbocycles. The quantitative estimate of drug-likeness (QED) is 0.863. The number of fused-ring (bicyclic) bond motifs is 1. The van der Waals surface area contributed by atoms with Gasteiger partial charge in [-0.15, -0.1) is 0 Å². The molecule has 0 aromatic heterocycles. The van der Waals surface area contributed by atoms with Crippen LogP contribution in [0.5, 0.6) is 0 Å². The Morgan fingerprint density at radius 1 is 1.15 bits per heavy atom. The second-order valence-corrected chi connectivity index (χ2v) is 5.50. The molecule has 0 aliphatic carbocycles. The lowest BCUT2D eigenvalue weighted by Gasteiger charge is -2.21. The fourth-order valence-electron chi connectivity index (χ4n) is 1.93. The average molecular weight is 305 g/mol. The maximum atomic E-state index is 12.3. The van der Waals surface area contributed by atoms with Crippen LogP contribution in [0.2, 0.25) is 0 Å². The van der Waals surface area contributed by atoms with Crippen molar-refractivity contribution in [1.82, 2.24) is 4.90 Å². The fraction of sp³-hybridized carbons (Fsp3) is 0.333. The molecule has 1 N–H and O–H groups in total. The van der Waals surface area contributed by atoms with Gasteiger partial charge in [-0.05, 0) is 23.9 Å². The first-order valence-electron chi connectivity index (χ1n) is 5.64. The van der Waals surface area contributed by atoms with Crippen molar-refractivity contribution < 1.29 is 27.9 Å². The van der Waals surface area contributed by atoms with Crippen molar-refractivity contribution in [2.75, 3.05) is 13.2 Å². The van der Waals surface area contributed by atoms with Gasteiger partial charge in [-0.1, -0.05) is 12.1 Å². The van der Waals surface area contributed by atoms with Crippen LogP contribution in [0.25, 0.3) is 0 Å². The SMILES string of the molecule is O=C1c2ccccc2C(=O)N1CC(CO)SC(F)(F)F. The Bertz CT molecular complexity index is 512. The number of carbonyl (C=O) groups is 2. The molecular formula is C12H10F3NO3S. The molecule has 8 heteroatoms. The summed E-state index contributed by atoms with van der Waals surface area (Å²) in [7, 11) is 0. The number of halogens is 3. The zero-order valence-corrected chi connectivity index (χ0v) is 10.9. The van der Waals surface area contributed by atoms with Crippen LogP contribution in [0.4, 0.5) is 13.2 Å². The largest absolute Gasteiger partial charge is 0.442 e. The Labute approximate surface area is 116 Å². The van der Waals surface area contributed by atoms with Crippen molar-refractivity contribution in [2.45, 2.75) is 10.8 Å². The number of aliphatic hydroxyl groups excluding tert-OH is 1. The van der Waals surface area contributed by atoms with Gasteiger partial charge in [-0.3, -0.25) is 14.5 Å². The summed E-state index contributed by atoms with van der Waals surface area (Å²) in [6, 6.07) is 6.03. The van der Waals surface area contributed by atoms with Crippen LogP contribution in [0.3, 0.4) is 0 Å². The summed E-state index contributed by atoms with van der Waals surface area (Å²) >= 11 is -0.425. The van der Waals surface area contributed by atoms with Crippen molar-refractivity contribution in [3.63, 3.8) is 0 Å². The Morgan fingerprint density at radius 3 is 2.05 bits per heavy atom. The number of rotatable bonds is 4. The first-order chi connectivity index (χ1) is 9.33. The smallest absolute Gasteiger partial charge is 0.395 e. The standard InChI is InChI=1S/C12H10F3NO3S/c13-12(14,15)20-7(6-17)5-16-10(18)8-3-1-2-4-9(8)11(16)19/h1-4,7,17H,5-6H2. The zero-order valence-electron chi connectivity index (χ0n) is 10.1. The molecule has 1 unspecified atom stereocenters. The van der Waals surface area contributed by atoms with Crippen LogP contribution in [0, 0.1) is 0 Å². The molecule has 1 atom stereocenters. The van der Waals surface area contributed by atoms with Crippen LogP contribution in [0.15, 0.2) is 24.3 Å². The van der Waals surface area contributed by atoms with E-state index in [4.69, 9.17) is 5.11 Å². The number of carbonyl (C=O) groups excluding carboxylic acids is 2. The second-order valence-electron chi connectivity index (χ2n) is 4.13. The lowest BCUT2D eigenvalue weighted by molar-refractivity contribution is -0.0339. The maximum Gasteiger partial charge on any atom is 0.442 e. The maximum absolute atomic E-state index is 12.3. The highest BCUT2D eigenvalue weighted by molar-refractivity contribution is 8.00. The van der Waals surface area contributed by atoms with E-state index in [0.717, 1.165) is 4.90 Å². The number of hydrogen-bond acceptors (Lipinski definition) is 4. The topological polar surface area (TPSA) is 57.6 Å². The molecule has 1 heterocycles. The van der Waals surface area contributed by atoms with E-state index in [1.54, 1.807) is 12.1 Å². The molecule has 0 spiro atoms. The Balaban J connectivity index is 2.15. The van der Waals surface area contributed by atoms with E-state index < -0.39 is 47.5 Å². The average Bonchev–Trinajstić information content (AvgIpc) is 2.62. The lowest BCUT2D eigenvalue weighted by Crippen LogP contribution is -2.38. The first-order valence-corrected chi connectivity index (χ1v) is 6.52. The lowest BCUT2D eigenvalue weighted by atomic mass is 10.1. The summed E-state index contributed by atoms with van der Waals surface area (Å²) in [5.41, 5.74) is -4.19. The molecule has 0 fully saturated rings. The molecule has 1 aromatic carbocycles. The van der Waals surface area contributed by atoms with Gasteiger partial charge in [0.2, 0.25) is 0 Å². The summed E-state index contributed by atoms with van der Waals surface area (Å²) in [4.78, 5) is 24.7. The normalized spacial score (nSPS) is 16.5. The number of thioether (sulfide) groups is 1.